The van der Waals surface area contributed by atoms with Crippen molar-refractivity contribution >= 4 is 34.6 Å². The van der Waals surface area contributed by atoms with E-state index in [-0.39, 0.29) is 11.8 Å². The lowest BCUT2D eigenvalue weighted by atomic mass is 9.88. The first kappa shape index (κ1) is 25.1. The molecule has 1 amide bonds. The number of rotatable bonds is 6. The van der Waals surface area contributed by atoms with E-state index in [0.29, 0.717) is 16.1 Å². The molecule has 31 heavy (non-hydrogen) atoms. The second-order valence-electron chi connectivity index (χ2n) is 7.79. The third-order valence-electron chi connectivity index (χ3n) is 4.03. The van der Waals surface area contributed by atoms with Crippen molar-refractivity contribution in [3.05, 3.63) is 70.7 Å². The van der Waals surface area contributed by atoms with Crippen LogP contribution in [0.25, 0.3) is 0 Å². The van der Waals surface area contributed by atoms with Gasteiger partial charge in [0.25, 0.3) is 0 Å². The number of carbonyl (C=O) groups is 2. The quantitative estimate of drug-likeness (QED) is 0.519. The highest BCUT2D eigenvalue weighted by atomic mass is 35.5. The van der Waals surface area contributed by atoms with E-state index < -0.39 is 40.7 Å². The molecule has 0 radical (unpaired) electrons. The summed E-state index contributed by atoms with van der Waals surface area (Å²) in [5.74, 6) is -2.43. The van der Waals surface area contributed by atoms with Gasteiger partial charge in [-0.3, -0.25) is 4.79 Å². The first-order valence-corrected chi connectivity index (χ1v) is 10.8. The van der Waals surface area contributed by atoms with E-state index in [9.17, 15) is 22.8 Å². The number of thioether (sulfide) groups is 1. The zero-order valence-corrected chi connectivity index (χ0v) is 18.8. The molecule has 2 aromatic carbocycles. The Morgan fingerprint density at radius 1 is 1.00 bits per heavy atom. The Labute approximate surface area is 188 Å². The van der Waals surface area contributed by atoms with Crippen molar-refractivity contribution < 1.29 is 27.5 Å². The molecular weight excluding hydrogens is 451 g/mol. The van der Waals surface area contributed by atoms with Crippen LogP contribution in [-0.4, -0.2) is 28.7 Å². The molecule has 0 aliphatic heterocycles. The van der Waals surface area contributed by atoms with Crippen LogP contribution in [0.15, 0.2) is 54.6 Å². The molecule has 0 aliphatic carbocycles. The van der Waals surface area contributed by atoms with E-state index >= 15 is 0 Å². The normalized spacial score (nSPS) is 13.9. The largest absolute Gasteiger partial charge is 0.444 e. The van der Waals surface area contributed by atoms with Gasteiger partial charge < -0.3 is 10.1 Å². The van der Waals surface area contributed by atoms with Gasteiger partial charge in [0, 0.05) is 5.02 Å². The van der Waals surface area contributed by atoms with E-state index in [4.69, 9.17) is 16.3 Å². The highest BCUT2D eigenvalue weighted by molar-refractivity contribution is 8.13. The van der Waals surface area contributed by atoms with Crippen molar-refractivity contribution in [1.29, 1.82) is 0 Å². The van der Waals surface area contributed by atoms with E-state index in [1.807, 2.05) is 0 Å². The molecule has 0 heterocycles. The van der Waals surface area contributed by atoms with Gasteiger partial charge in [-0.05, 0) is 44.0 Å². The number of alkyl halides is 3. The lowest BCUT2D eigenvalue weighted by molar-refractivity contribution is -0.115. The Hall–Kier alpha value is -2.19. The second kappa shape index (κ2) is 10.4. The first-order chi connectivity index (χ1) is 14.4. The molecule has 0 saturated heterocycles. The molecule has 0 saturated carbocycles. The molecule has 9 heteroatoms. The molecule has 2 rings (SSSR count). The fourth-order valence-electron chi connectivity index (χ4n) is 2.83. The van der Waals surface area contributed by atoms with Crippen LogP contribution in [0, 0.1) is 0 Å². The van der Waals surface area contributed by atoms with Gasteiger partial charge in [0.1, 0.15) is 5.60 Å². The number of benzene rings is 2. The van der Waals surface area contributed by atoms with E-state index in [0.717, 1.165) is 0 Å². The van der Waals surface area contributed by atoms with E-state index in [1.54, 1.807) is 75.4 Å². The van der Waals surface area contributed by atoms with E-state index in [2.05, 4.69) is 5.32 Å². The zero-order valence-electron chi connectivity index (χ0n) is 17.2. The number of carbonyl (C=O) groups excluding carboxylic acids is 2. The van der Waals surface area contributed by atoms with Gasteiger partial charge in [0.15, 0.2) is 5.12 Å². The number of halogens is 4. The zero-order chi connectivity index (χ0) is 23.2. The van der Waals surface area contributed by atoms with Crippen LogP contribution >= 0.6 is 23.4 Å². The van der Waals surface area contributed by atoms with Crippen molar-refractivity contribution in [1.82, 2.24) is 5.32 Å². The van der Waals surface area contributed by atoms with Crippen molar-refractivity contribution in [3.8, 4) is 0 Å². The minimum Gasteiger partial charge on any atom is -0.444 e. The van der Waals surface area contributed by atoms with Gasteiger partial charge in [-0.15, -0.1) is 0 Å². The maximum absolute atomic E-state index is 13.0. The van der Waals surface area contributed by atoms with Gasteiger partial charge in [0.2, 0.25) is 0 Å². The predicted molar refractivity (Wildman–Crippen MR) is 116 cm³/mol. The molecule has 168 valence electrons. The number of nitrogens with one attached hydrogen (secondary N) is 1. The molecule has 0 aromatic heterocycles. The third kappa shape index (κ3) is 8.45. The molecule has 4 nitrogen and oxygen atoms in total. The van der Waals surface area contributed by atoms with Gasteiger partial charge >= 0.3 is 12.3 Å². The Morgan fingerprint density at radius 3 is 2.10 bits per heavy atom. The number of amides is 1. The van der Waals surface area contributed by atoms with Crippen LogP contribution in [0.5, 0.6) is 0 Å². The Morgan fingerprint density at radius 2 is 1.58 bits per heavy atom. The van der Waals surface area contributed by atoms with Gasteiger partial charge in [-0.25, -0.2) is 4.79 Å². The van der Waals surface area contributed by atoms with Crippen LogP contribution in [0.4, 0.5) is 18.0 Å². The summed E-state index contributed by atoms with van der Waals surface area (Å²) in [6.45, 7) is 5.06. The molecular formula is C22H23ClF3NO3S. The fraction of sp³-hybridized carbons (Fsp3) is 0.364. The Kier molecular flexibility index (Phi) is 8.42. The average molecular weight is 474 g/mol. The summed E-state index contributed by atoms with van der Waals surface area (Å²) in [5.41, 5.74) is 0.180. The molecule has 0 unspecified atom stereocenters. The molecule has 1 N–H and O–H groups in total. The Bertz CT molecular complexity index is 884. The molecule has 0 spiro atoms. The minimum absolute atomic E-state index is 0.165. The van der Waals surface area contributed by atoms with Crippen molar-refractivity contribution in [2.75, 3.05) is 5.75 Å². The van der Waals surface area contributed by atoms with Crippen molar-refractivity contribution in [2.45, 2.75) is 44.5 Å². The SMILES string of the molecule is CC(C)(C)OC(=O)N[C@H](c1ccccc1)[C@H](C(=O)SCC(F)(F)F)c1ccc(Cl)cc1. The molecule has 0 bridgehead atoms. The summed E-state index contributed by atoms with van der Waals surface area (Å²) in [6, 6.07) is 13.8. The van der Waals surface area contributed by atoms with Gasteiger partial charge in [-0.1, -0.05) is 65.8 Å². The molecule has 0 fully saturated rings. The van der Waals surface area contributed by atoms with Crippen LogP contribution < -0.4 is 5.32 Å². The highest BCUT2D eigenvalue weighted by Crippen LogP contribution is 2.37. The highest BCUT2D eigenvalue weighted by Gasteiger charge is 2.36. The Balaban J connectivity index is 2.47. The van der Waals surface area contributed by atoms with Crippen LogP contribution in [0.1, 0.15) is 43.9 Å². The lowest BCUT2D eigenvalue weighted by Gasteiger charge is -2.29. The monoisotopic (exact) mass is 473 g/mol. The van der Waals surface area contributed by atoms with Gasteiger partial charge in [0.05, 0.1) is 17.7 Å². The summed E-state index contributed by atoms with van der Waals surface area (Å²) in [7, 11) is 0. The third-order valence-corrected chi connectivity index (χ3v) is 5.29. The van der Waals surface area contributed by atoms with Crippen molar-refractivity contribution in [2.24, 2.45) is 0 Å². The first-order valence-electron chi connectivity index (χ1n) is 9.39. The summed E-state index contributed by atoms with van der Waals surface area (Å²) < 4.78 is 43.6. The van der Waals surface area contributed by atoms with E-state index in [1.165, 1.54) is 0 Å². The van der Waals surface area contributed by atoms with Gasteiger partial charge in [-0.2, -0.15) is 13.2 Å². The topological polar surface area (TPSA) is 55.4 Å². The summed E-state index contributed by atoms with van der Waals surface area (Å²) >= 11 is 6.11. The molecule has 2 aromatic rings. The minimum atomic E-state index is -4.51. The standard InChI is InChI=1S/C22H23ClF3NO3S/c1-21(2,3)30-20(29)27-18(15-7-5-4-6-8-15)17(14-9-11-16(23)12-10-14)19(28)31-13-22(24,25)26/h4-12,17-18H,13H2,1-3H3,(H,27,29)/t17-,18-/m1/s1. The summed E-state index contributed by atoms with van der Waals surface area (Å²) in [5, 5.41) is 2.35. The number of hydrogen-bond donors (Lipinski definition) is 1. The maximum Gasteiger partial charge on any atom is 0.408 e. The number of alkyl carbamates (subject to hydrolysis) is 1. The fourth-order valence-corrected chi connectivity index (χ4v) is 3.72. The number of ether oxygens (including phenoxy) is 1. The maximum atomic E-state index is 13.0. The van der Waals surface area contributed by atoms with Crippen LogP contribution in [0.3, 0.4) is 0 Å². The molecule has 2 atom stereocenters. The van der Waals surface area contributed by atoms with Crippen molar-refractivity contribution in [3.63, 3.8) is 0 Å². The number of hydrogen-bond acceptors (Lipinski definition) is 4. The molecule has 0 aliphatic rings. The lowest BCUT2D eigenvalue weighted by Crippen LogP contribution is -2.39. The smallest absolute Gasteiger partial charge is 0.408 e. The summed E-state index contributed by atoms with van der Waals surface area (Å²) in [6.07, 6.45) is -5.29. The van der Waals surface area contributed by atoms with Crippen LogP contribution in [0.2, 0.25) is 5.02 Å². The predicted octanol–water partition coefficient (Wildman–Crippen LogP) is 6.51. The second-order valence-corrected chi connectivity index (χ2v) is 9.20. The summed E-state index contributed by atoms with van der Waals surface area (Å²) in [4.78, 5) is 25.5. The average Bonchev–Trinajstić information content (AvgIpc) is 2.66. The van der Waals surface area contributed by atoms with Crippen LogP contribution in [-0.2, 0) is 9.53 Å².